The summed E-state index contributed by atoms with van der Waals surface area (Å²) in [7, 11) is 0. The van der Waals surface area contributed by atoms with Crippen LogP contribution < -0.4 is 15.0 Å². The Bertz CT molecular complexity index is 524. The third kappa shape index (κ3) is 3.08. The predicted octanol–water partition coefficient (Wildman–Crippen LogP) is 2.72. The predicted molar refractivity (Wildman–Crippen MR) is 89.6 cm³/mol. The molecule has 0 radical (unpaired) electrons. The van der Waals surface area contributed by atoms with Crippen LogP contribution in [0.1, 0.15) is 45.3 Å². The lowest BCUT2D eigenvalue weighted by atomic mass is 9.89. The molecule has 1 aromatic carbocycles. The van der Waals surface area contributed by atoms with Gasteiger partial charge in [0.1, 0.15) is 11.4 Å². The Kier molecular flexibility index (Phi) is 4.33. The Morgan fingerprint density at radius 2 is 2.27 bits per heavy atom. The van der Waals surface area contributed by atoms with Gasteiger partial charge in [0.05, 0.1) is 18.3 Å². The van der Waals surface area contributed by atoms with Crippen LogP contribution in [0.2, 0.25) is 0 Å². The van der Waals surface area contributed by atoms with Crippen LogP contribution in [-0.4, -0.2) is 36.9 Å². The molecule has 0 aromatic heterocycles. The van der Waals surface area contributed by atoms with Gasteiger partial charge in [-0.05, 0) is 57.9 Å². The van der Waals surface area contributed by atoms with Gasteiger partial charge in [0, 0.05) is 19.0 Å². The number of rotatable bonds is 3. The number of likely N-dealkylation sites (N-methyl/N-ethyl adjacent to an activating group) is 1. The number of nitrogens with one attached hydrogen (secondary N) is 1. The van der Waals surface area contributed by atoms with E-state index >= 15 is 0 Å². The minimum absolute atomic E-state index is 0.170. The zero-order chi connectivity index (χ0) is 15.7. The monoisotopic (exact) mass is 304 g/mol. The van der Waals surface area contributed by atoms with Gasteiger partial charge in [-0.25, -0.2) is 0 Å². The number of aliphatic hydroxyl groups is 1. The minimum atomic E-state index is -0.397. The Labute approximate surface area is 133 Å². The van der Waals surface area contributed by atoms with Crippen molar-refractivity contribution in [1.82, 2.24) is 5.32 Å². The van der Waals surface area contributed by atoms with Crippen molar-refractivity contribution in [3.8, 4) is 5.75 Å². The van der Waals surface area contributed by atoms with Crippen LogP contribution in [0.5, 0.6) is 5.75 Å². The van der Waals surface area contributed by atoms with Crippen LogP contribution in [0.15, 0.2) is 18.2 Å². The average Bonchev–Trinajstić information content (AvgIpc) is 2.53. The number of nitrogens with zero attached hydrogens (tertiary/aromatic N) is 1. The van der Waals surface area contributed by atoms with Crippen LogP contribution in [0, 0.1) is 5.92 Å². The number of benzene rings is 1. The lowest BCUT2D eigenvalue weighted by Gasteiger charge is -2.41. The molecule has 1 aromatic rings. The molecule has 22 heavy (non-hydrogen) atoms. The molecule has 0 amide bonds. The van der Waals surface area contributed by atoms with Crippen LogP contribution in [0.25, 0.3) is 0 Å². The molecule has 0 saturated carbocycles. The Hall–Kier alpha value is -1.26. The van der Waals surface area contributed by atoms with Crippen molar-refractivity contribution in [3.05, 3.63) is 23.8 Å². The lowest BCUT2D eigenvalue weighted by molar-refractivity contribution is 0.0908. The van der Waals surface area contributed by atoms with E-state index in [2.05, 4.69) is 37.1 Å². The Balaban J connectivity index is 1.86. The van der Waals surface area contributed by atoms with Crippen molar-refractivity contribution in [1.29, 1.82) is 0 Å². The Morgan fingerprint density at radius 1 is 1.45 bits per heavy atom. The second-order valence-electron chi connectivity index (χ2n) is 7.15. The summed E-state index contributed by atoms with van der Waals surface area (Å²) in [6, 6.07) is 6.16. The molecule has 1 saturated heterocycles. The summed E-state index contributed by atoms with van der Waals surface area (Å²) >= 11 is 0. The van der Waals surface area contributed by atoms with Gasteiger partial charge in [-0.3, -0.25) is 0 Å². The van der Waals surface area contributed by atoms with Crippen LogP contribution in [0.3, 0.4) is 0 Å². The van der Waals surface area contributed by atoms with Crippen molar-refractivity contribution < 1.29 is 9.84 Å². The molecule has 4 nitrogen and oxygen atoms in total. The average molecular weight is 304 g/mol. The van der Waals surface area contributed by atoms with E-state index in [4.69, 9.17) is 4.74 Å². The molecular formula is C18H28N2O2. The second kappa shape index (κ2) is 6.09. The second-order valence-corrected chi connectivity index (χ2v) is 7.15. The first-order valence-electron chi connectivity index (χ1n) is 8.47. The fourth-order valence-corrected chi connectivity index (χ4v) is 3.63. The number of ether oxygens (including phenoxy) is 1. The fourth-order valence-electron chi connectivity index (χ4n) is 3.63. The smallest absolute Gasteiger partial charge is 0.143 e. The van der Waals surface area contributed by atoms with E-state index < -0.39 is 6.10 Å². The van der Waals surface area contributed by atoms with E-state index in [1.807, 2.05) is 12.1 Å². The number of aliphatic hydroxyl groups excluding tert-OH is 1. The van der Waals surface area contributed by atoms with E-state index in [1.54, 1.807) is 0 Å². The molecule has 1 fully saturated rings. The number of anilines is 1. The summed E-state index contributed by atoms with van der Waals surface area (Å²) in [5, 5.41) is 14.1. The summed E-state index contributed by atoms with van der Waals surface area (Å²) in [6.45, 7) is 10.2. The molecule has 0 aliphatic carbocycles. The summed E-state index contributed by atoms with van der Waals surface area (Å²) in [6.07, 6.45) is 1.84. The maximum Gasteiger partial charge on any atom is 0.143 e. The van der Waals surface area contributed by atoms with Gasteiger partial charge in [-0.15, -0.1) is 0 Å². The fraction of sp³-hybridized carbons (Fsp3) is 0.667. The molecule has 2 heterocycles. The van der Waals surface area contributed by atoms with Gasteiger partial charge in [0.15, 0.2) is 0 Å². The Morgan fingerprint density at radius 3 is 2.95 bits per heavy atom. The normalized spacial score (nSPS) is 25.3. The lowest BCUT2D eigenvalue weighted by Crippen LogP contribution is -2.46. The number of piperidine rings is 1. The molecule has 0 bridgehead atoms. The van der Waals surface area contributed by atoms with E-state index in [9.17, 15) is 5.11 Å². The summed E-state index contributed by atoms with van der Waals surface area (Å²) in [5.74, 6) is 1.23. The van der Waals surface area contributed by atoms with Crippen LogP contribution in [-0.2, 0) is 0 Å². The summed E-state index contributed by atoms with van der Waals surface area (Å²) < 4.78 is 6.10. The van der Waals surface area contributed by atoms with Crippen LogP contribution >= 0.6 is 0 Å². The molecule has 2 aliphatic rings. The topological polar surface area (TPSA) is 44.7 Å². The standard InChI is InChI=1S/C18H28N2O2/c1-4-20-12-18(2,3)22-16-8-7-13(10-15(16)20)17(21)14-6-5-9-19-11-14/h7-8,10,14,17,19,21H,4-6,9,11-12H2,1-3H3. The van der Waals surface area contributed by atoms with Gasteiger partial charge >= 0.3 is 0 Å². The zero-order valence-electron chi connectivity index (χ0n) is 13.9. The number of fused-ring (bicyclic) bond motifs is 1. The van der Waals surface area contributed by atoms with Gasteiger partial charge in [-0.2, -0.15) is 0 Å². The summed E-state index contributed by atoms with van der Waals surface area (Å²) in [4.78, 5) is 2.34. The van der Waals surface area contributed by atoms with Crippen molar-refractivity contribution in [3.63, 3.8) is 0 Å². The van der Waals surface area contributed by atoms with E-state index in [0.717, 1.165) is 56.0 Å². The van der Waals surface area contributed by atoms with Gasteiger partial charge < -0.3 is 20.1 Å². The molecule has 4 heteroatoms. The van der Waals surface area contributed by atoms with Crippen LogP contribution in [0.4, 0.5) is 5.69 Å². The van der Waals surface area contributed by atoms with Crippen molar-refractivity contribution in [2.45, 2.75) is 45.3 Å². The quantitative estimate of drug-likeness (QED) is 0.901. The molecule has 2 unspecified atom stereocenters. The van der Waals surface area contributed by atoms with Crippen molar-refractivity contribution >= 4 is 5.69 Å². The molecule has 3 rings (SSSR count). The maximum absolute atomic E-state index is 10.7. The highest BCUT2D eigenvalue weighted by Gasteiger charge is 2.32. The van der Waals surface area contributed by atoms with Gasteiger partial charge in [0.25, 0.3) is 0 Å². The molecule has 0 spiro atoms. The molecule has 122 valence electrons. The highest BCUT2D eigenvalue weighted by molar-refractivity contribution is 5.62. The highest BCUT2D eigenvalue weighted by atomic mass is 16.5. The number of hydrogen-bond donors (Lipinski definition) is 2. The van der Waals surface area contributed by atoms with Gasteiger partial charge in [-0.1, -0.05) is 6.07 Å². The van der Waals surface area contributed by atoms with Crippen molar-refractivity contribution in [2.75, 3.05) is 31.1 Å². The molecular weight excluding hydrogens is 276 g/mol. The maximum atomic E-state index is 10.7. The molecule has 2 aliphatic heterocycles. The largest absolute Gasteiger partial charge is 0.484 e. The highest BCUT2D eigenvalue weighted by Crippen LogP contribution is 2.39. The van der Waals surface area contributed by atoms with Gasteiger partial charge in [0.2, 0.25) is 0 Å². The number of hydrogen-bond acceptors (Lipinski definition) is 4. The zero-order valence-corrected chi connectivity index (χ0v) is 13.9. The van der Waals surface area contributed by atoms with E-state index in [1.165, 1.54) is 0 Å². The third-order valence-corrected chi connectivity index (χ3v) is 4.79. The third-order valence-electron chi connectivity index (χ3n) is 4.79. The first-order valence-corrected chi connectivity index (χ1v) is 8.47. The van der Waals surface area contributed by atoms with E-state index in [-0.39, 0.29) is 5.60 Å². The first-order chi connectivity index (χ1) is 10.5. The first kappa shape index (κ1) is 15.6. The minimum Gasteiger partial charge on any atom is -0.484 e. The SMILES string of the molecule is CCN1CC(C)(C)Oc2ccc(C(O)C3CCCNC3)cc21. The van der Waals surface area contributed by atoms with Crippen molar-refractivity contribution in [2.24, 2.45) is 5.92 Å². The summed E-state index contributed by atoms with van der Waals surface area (Å²) in [5.41, 5.74) is 1.95. The van der Waals surface area contributed by atoms with E-state index in [0.29, 0.717) is 5.92 Å². The molecule has 2 atom stereocenters. The molecule has 2 N–H and O–H groups in total.